The van der Waals surface area contributed by atoms with E-state index in [0.717, 1.165) is 19.4 Å². The van der Waals surface area contributed by atoms with Crippen molar-refractivity contribution in [2.45, 2.75) is 32.3 Å². The number of amides is 1. The van der Waals surface area contributed by atoms with Gasteiger partial charge in [0.15, 0.2) is 0 Å². The van der Waals surface area contributed by atoms with Crippen LogP contribution < -0.4 is 15.4 Å². The highest BCUT2D eigenvalue weighted by atomic mass is 35.5. The molecule has 1 aromatic rings. The predicted octanol–water partition coefficient (Wildman–Crippen LogP) is 2.52. The first-order valence-electron chi connectivity index (χ1n) is 6.99. The van der Waals surface area contributed by atoms with Gasteiger partial charge in [0, 0.05) is 12.5 Å². The predicted molar refractivity (Wildman–Crippen MR) is 84.5 cm³/mol. The van der Waals surface area contributed by atoms with Gasteiger partial charge in [0.2, 0.25) is 5.91 Å². The van der Waals surface area contributed by atoms with Crippen LogP contribution in [0.2, 0.25) is 0 Å². The maximum atomic E-state index is 13.1. The first kappa shape index (κ1) is 19.7. The van der Waals surface area contributed by atoms with Gasteiger partial charge in [-0.1, -0.05) is 13.0 Å². The molecule has 0 aromatic heterocycles. The fourth-order valence-corrected chi connectivity index (χ4v) is 1.74. The number of halogens is 2. The molecule has 0 aliphatic heterocycles. The van der Waals surface area contributed by atoms with Crippen molar-refractivity contribution < 1.29 is 13.9 Å². The summed E-state index contributed by atoms with van der Waals surface area (Å²) in [6.45, 7) is 3.23. The Kier molecular flexibility index (Phi) is 10.6. The van der Waals surface area contributed by atoms with E-state index >= 15 is 0 Å². The Labute approximate surface area is 131 Å². The molecule has 0 spiro atoms. The summed E-state index contributed by atoms with van der Waals surface area (Å²) < 4.78 is 18.7. The molecule has 0 bridgehead atoms. The first-order valence-corrected chi connectivity index (χ1v) is 6.99. The third-order valence-corrected chi connectivity index (χ3v) is 2.91. The molecule has 1 aromatic carbocycles. The van der Waals surface area contributed by atoms with Crippen molar-refractivity contribution in [3.8, 4) is 5.75 Å². The van der Waals surface area contributed by atoms with Crippen LogP contribution in [0.4, 0.5) is 4.39 Å². The Morgan fingerprint density at radius 1 is 1.43 bits per heavy atom. The fourth-order valence-electron chi connectivity index (χ4n) is 1.74. The SMILES string of the molecule is CCC(CNC(=O)CCCNC)Oc1cccc(F)c1.Cl. The van der Waals surface area contributed by atoms with Crippen LogP contribution in [-0.2, 0) is 4.79 Å². The molecule has 1 unspecified atom stereocenters. The van der Waals surface area contributed by atoms with Gasteiger partial charge < -0.3 is 15.4 Å². The largest absolute Gasteiger partial charge is 0.489 e. The van der Waals surface area contributed by atoms with Gasteiger partial charge in [-0.2, -0.15) is 0 Å². The maximum absolute atomic E-state index is 13.1. The number of carbonyl (C=O) groups is 1. The molecule has 1 atom stereocenters. The molecule has 0 heterocycles. The van der Waals surface area contributed by atoms with E-state index in [1.54, 1.807) is 12.1 Å². The number of rotatable bonds is 9. The summed E-state index contributed by atoms with van der Waals surface area (Å²) in [5.74, 6) is 0.177. The zero-order chi connectivity index (χ0) is 14.8. The summed E-state index contributed by atoms with van der Waals surface area (Å²) in [6.07, 6.45) is 1.90. The molecule has 1 rings (SSSR count). The molecule has 0 aliphatic carbocycles. The zero-order valence-electron chi connectivity index (χ0n) is 12.5. The minimum atomic E-state index is -0.326. The van der Waals surface area contributed by atoms with E-state index in [4.69, 9.17) is 4.74 Å². The maximum Gasteiger partial charge on any atom is 0.220 e. The summed E-state index contributed by atoms with van der Waals surface area (Å²) in [7, 11) is 1.86. The van der Waals surface area contributed by atoms with Crippen molar-refractivity contribution in [3.05, 3.63) is 30.1 Å². The molecule has 21 heavy (non-hydrogen) atoms. The Balaban J connectivity index is 0.00000400. The lowest BCUT2D eigenvalue weighted by atomic mass is 10.2. The quantitative estimate of drug-likeness (QED) is 0.688. The third kappa shape index (κ3) is 8.52. The molecule has 0 fully saturated rings. The molecule has 0 radical (unpaired) electrons. The first-order chi connectivity index (χ1) is 9.65. The molecular weight excluding hydrogens is 295 g/mol. The second kappa shape index (κ2) is 11.3. The van der Waals surface area contributed by atoms with Crippen LogP contribution in [-0.4, -0.2) is 32.1 Å². The van der Waals surface area contributed by atoms with Crippen molar-refractivity contribution in [3.63, 3.8) is 0 Å². The lowest BCUT2D eigenvalue weighted by Crippen LogP contribution is -2.35. The molecule has 4 nitrogen and oxygen atoms in total. The van der Waals surface area contributed by atoms with E-state index in [1.165, 1.54) is 12.1 Å². The Hall–Kier alpha value is -1.33. The van der Waals surface area contributed by atoms with Crippen molar-refractivity contribution in [1.29, 1.82) is 0 Å². The molecule has 120 valence electrons. The molecule has 2 N–H and O–H groups in total. The van der Waals surface area contributed by atoms with Crippen LogP contribution in [0.1, 0.15) is 26.2 Å². The van der Waals surface area contributed by atoms with Crippen LogP contribution in [0.25, 0.3) is 0 Å². The highest BCUT2D eigenvalue weighted by molar-refractivity contribution is 5.85. The van der Waals surface area contributed by atoms with Gasteiger partial charge in [0.05, 0.1) is 6.54 Å². The highest BCUT2D eigenvalue weighted by Gasteiger charge is 2.10. The van der Waals surface area contributed by atoms with Gasteiger partial charge in [-0.25, -0.2) is 4.39 Å². The number of carbonyl (C=O) groups excluding carboxylic acids is 1. The Bertz CT molecular complexity index is 418. The molecular formula is C15H24ClFN2O2. The van der Waals surface area contributed by atoms with E-state index in [0.29, 0.717) is 18.7 Å². The highest BCUT2D eigenvalue weighted by Crippen LogP contribution is 2.14. The number of hydrogen-bond acceptors (Lipinski definition) is 3. The lowest BCUT2D eigenvalue weighted by Gasteiger charge is -2.18. The third-order valence-electron chi connectivity index (χ3n) is 2.91. The van der Waals surface area contributed by atoms with E-state index in [-0.39, 0.29) is 30.2 Å². The van der Waals surface area contributed by atoms with Crippen LogP contribution in [0.15, 0.2) is 24.3 Å². The molecule has 0 saturated heterocycles. The summed E-state index contributed by atoms with van der Waals surface area (Å²) in [5, 5.41) is 5.84. The van der Waals surface area contributed by atoms with E-state index in [9.17, 15) is 9.18 Å². The van der Waals surface area contributed by atoms with Gasteiger partial charge >= 0.3 is 0 Å². The standard InChI is InChI=1S/C15H23FN2O2.ClH/c1-3-13(11-18-15(19)8-5-9-17-2)20-14-7-4-6-12(16)10-14;/h4,6-7,10,13,17H,3,5,8-9,11H2,1-2H3,(H,18,19);1H. The molecule has 0 aliphatic rings. The smallest absolute Gasteiger partial charge is 0.220 e. The van der Waals surface area contributed by atoms with Gasteiger partial charge in [0.25, 0.3) is 0 Å². The van der Waals surface area contributed by atoms with Crippen LogP contribution in [0, 0.1) is 5.82 Å². The van der Waals surface area contributed by atoms with Gasteiger partial charge in [-0.3, -0.25) is 4.79 Å². The van der Waals surface area contributed by atoms with Gasteiger partial charge in [0.1, 0.15) is 17.7 Å². The van der Waals surface area contributed by atoms with Crippen molar-refractivity contribution >= 4 is 18.3 Å². The minimum absolute atomic E-state index is 0. The van der Waals surface area contributed by atoms with E-state index in [2.05, 4.69) is 10.6 Å². The second-order valence-electron chi connectivity index (χ2n) is 4.62. The van der Waals surface area contributed by atoms with E-state index in [1.807, 2.05) is 14.0 Å². The summed E-state index contributed by atoms with van der Waals surface area (Å²) >= 11 is 0. The topological polar surface area (TPSA) is 50.4 Å². The van der Waals surface area contributed by atoms with Gasteiger partial charge in [-0.05, 0) is 38.6 Å². The van der Waals surface area contributed by atoms with Crippen LogP contribution >= 0.6 is 12.4 Å². The lowest BCUT2D eigenvalue weighted by molar-refractivity contribution is -0.121. The van der Waals surface area contributed by atoms with Crippen LogP contribution in [0.5, 0.6) is 5.75 Å². The van der Waals surface area contributed by atoms with Crippen LogP contribution in [0.3, 0.4) is 0 Å². The minimum Gasteiger partial charge on any atom is -0.489 e. The summed E-state index contributed by atoms with van der Waals surface area (Å²) in [6, 6.07) is 6.03. The van der Waals surface area contributed by atoms with Crippen molar-refractivity contribution in [2.24, 2.45) is 0 Å². The number of benzene rings is 1. The normalized spacial score (nSPS) is 11.4. The Morgan fingerprint density at radius 2 is 2.19 bits per heavy atom. The van der Waals surface area contributed by atoms with Crippen molar-refractivity contribution in [1.82, 2.24) is 10.6 Å². The average molecular weight is 319 g/mol. The average Bonchev–Trinajstić information content (AvgIpc) is 2.43. The van der Waals surface area contributed by atoms with Gasteiger partial charge in [-0.15, -0.1) is 12.4 Å². The number of nitrogens with one attached hydrogen (secondary N) is 2. The molecule has 6 heteroatoms. The number of hydrogen-bond donors (Lipinski definition) is 2. The molecule has 0 saturated carbocycles. The Morgan fingerprint density at radius 3 is 2.81 bits per heavy atom. The number of ether oxygens (including phenoxy) is 1. The van der Waals surface area contributed by atoms with Crippen molar-refractivity contribution in [2.75, 3.05) is 20.1 Å². The second-order valence-corrected chi connectivity index (χ2v) is 4.62. The monoisotopic (exact) mass is 318 g/mol. The molecule has 1 amide bonds. The zero-order valence-corrected chi connectivity index (χ0v) is 13.3. The van der Waals surface area contributed by atoms with E-state index < -0.39 is 0 Å². The summed E-state index contributed by atoms with van der Waals surface area (Å²) in [4.78, 5) is 11.6. The fraction of sp³-hybridized carbons (Fsp3) is 0.533. The summed E-state index contributed by atoms with van der Waals surface area (Å²) in [5.41, 5.74) is 0.